The van der Waals surface area contributed by atoms with Crippen LogP contribution < -0.4 is 0 Å². The summed E-state index contributed by atoms with van der Waals surface area (Å²) < 4.78 is 10.3. The molecule has 4 aromatic heterocycles. The number of para-hydroxylation sites is 2. The van der Waals surface area contributed by atoms with Crippen molar-refractivity contribution in [1.29, 1.82) is 0 Å². The minimum atomic E-state index is 1.18. The molecule has 0 saturated heterocycles. The highest BCUT2D eigenvalue weighted by molar-refractivity contribution is 7.27. The Hall–Kier alpha value is -5.94. The lowest BCUT2D eigenvalue weighted by Gasteiger charge is -2.12. The van der Waals surface area contributed by atoms with E-state index in [9.17, 15) is 0 Å². The molecule has 8 aromatic carbocycles. The normalized spacial score (nSPS) is 12.4. The first-order chi connectivity index (χ1) is 24.8. The van der Waals surface area contributed by atoms with E-state index in [0.29, 0.717) is 0 Å². The second kappa shape index (κ2) is 9.82. The van der Waals surface area contributed by atoms with Gasteiger partial charge >= 0.3 is 0 Å². The average Bonchev–Trinajstić information content (AvgIpc) is 3.91. The van der Waals surface area contributed by atoms with Crippen molar-refractivity contribution in [3.63, 3.8) is 0 Å². The van der Waals surface area contributed by atoms with Crippen LogP contribution in [0.15, 0.2) is 158 Å². The predicted octanol–water partition coefficient (Wildman–Crippen LogP) is 13.8. The number of nitrogens with zero attached hydrogens (tertiary/aromatic N) is 2. The number of hydrogen-bond acceptors (Lipinski definition) is 2. The molecule has 0 unspecified atom stereocenters. The van der Waals surface area contributed by atoms with Crippen LogP contribution in [0.5, 0.6) is 0 Å². The van der Waals surface area contributed by atoms with Gasteiger partial charge < -0.3 is 9.13 Å². The standard InChI is InChI=1S/C46H26N2S2/c1-5-13-37-35(11-1)43-39(23-21-33-31-9-3-7-15-41(31)49-45(33)43)47(37)29-19-17-28-26-30(20-18-27(28)25-29)48-38-14-6-2-12-36(38)44-40(48)24-22-34-32-10-4-8-16-42(32)50-46(34)44/h1-26H. The number of hydrogen-bond donors (Lipinski definition) is 0. The van der Waals surface area contributed by atoms with Gasteiger partial charge in [-0.05, 0) is 71.4 Å². The summed E-state index contributed by atoms with van der Waals surface area (Å²) in [7, 11) is 0. The van der Waals surface area contributed by atoms with Crippen molar-refractivity contribution >= 4 is 117 Å². The van der Waals surface area contributed by atoms with E-state index >= 15 is 0 Å². The molecule has 0 aliphatic rings. The van der Waals surface area contributed by atoms with Crippen LogP contribution in [0.1, 0.15) is 0 Å². The summed E-state index contributed by atoms with van der Waals surface area (Å²) in [6.45, 7) is 0. The van der Waals surface area contributed by atoms with E-state index < -0.39 is 0 Å². The largest absolute Gasteiger partial charge is 0.309 e. The summed E-state index contributed by atoms with van der Waals surface area (Å²) in [6, 6.07) is 58.5. The SMILES string of the molecule is c1ccc2c(c1)sc1c2ccc2c1c1ccccc1n2-c1ccc2cc(-n3c4ccccc4c4c5sc6ccccc6c5ccc43)ccc2c1. The Morgan fingerprint density at radius 1 is 0.320 bits per heavy atom. The van der Waals surface area contributed by atoms with Crippen molar-refractivity contribution in [2.24, 2.45) is 0 Å². The molecule has 0 atom stereocenters. The van der Waals surface area contributed by atoms with Crippen LogP contribution in [0, 0.1) is 0 Å². The number of thiophene rings is 2. The Bertz CT molecular complexity index is 3160. The van der Waals surface area contributed by atoms with Crippen molar-refractivity contribution in [1.82, 2.24) is 9.13 Å². The van der Waals surface area contributed by atoms with E-state index in [0.717, 1.165) is 0 Å². The van der Waals surface area contributed by atoms with Crippen LogP contribution in [0.4, 0.5) is 0 Å². The lowest BCUT2D eigenvalue weighted by molar-refractivity contribution is 1.18. The highest BCUT2D eigenvalue weighted by atomic mass is 32.1. The molecule has 0 aliphatic heterocycles. The van der Waals surface area contributed by atoms with E-state index in [1.165, 1.54) is 106 Å². The molecule has 0 fully saturated rings. The van der Waals surface area contributed by atoms with Crippen molar-refractivity contribution in [2.75, 3.05) is 0 Å². The van der Waals surface area contributed by atoms with Crippen molar-refractivity contribution < 1.29 is 0 Å². The fourth-order valence-electron chi connectivity index (χ4n) is 8.52. The first-order valence-corrected chi connectivity index (χ1v) is 18.6. The zero-order valence-corrected chi connectivity index (χ0v) is 28.4. The Morgan fingerprint density at radius 2 is 0.740 bits per heavy atom. The van der Waals surface area contributed by atoms with E-state index in [2.05, 4.69) is 167 Å². The third kappa shape index (κ3) is 3.51. The highest BCUT2D eigenvalue weighted by Crippen LogP contribution is 2.45. The average molecular weight is 671 g/mol. The van der Waals surface area contributed by atoms with Crippen LogP contribution >= 0.6 is 22.7 Å². The molecule has 2 nitrogen and oxygen atoms in total. The lowest BCUT2D eigenvalue weighted by atomic mass is 10.1. The minimum absolute atomic E-state index is 1.18. The second-order valence-corrected chi connectivity index (χ2v) is 15.4. The molecule has 50 heavy (non-hydrogen) atoms. The van der Waals surface area contributed by atoms with Crippen molar-refractivity contribution in [3.05, 3.63) is 158 Å². The van der Waals surface area contributed by atoms with Gasteiger partial charge in [-0.15, -0.1) is 22.7 Å². The predicted molar refractivity (Wildman–Crippen MR) is 218 cm³/mol. The molecule has 4 heterocycles. The topological polar surface area (TPSA) is 9.86 Å². The molecule has 0 bridgehead atoms. The van der Waals surface area contributed by atoms with E-state index in [-0.39, 0.29) is 0 Å². The summed E-state index contributed by atoms with van der Waals surface area (Å²) in [4.78, 5) is 0. The number of rotatable bonds is 2. The number of benzene rings is 8. The van der Waals surface area contributed by atoms with Gasteiger partial charge in [0.05, 0.1) is 22.1 Å². The van der Waals surface area contributed by atoms with Gasteiger partial charge in [-0.2, -0.15) is 0 Å². The van der Waals surface area contributed by atoms with Gasteiger partial charge in [0.25, 0.3) is 0 Å². The summed E-state index contributed by atoms with van der Waals surface area (Å²) in [5, 5.41) is 13.1. The number of aromatic nitrogens is 2. The molecule has 12 aromatic rings. The summed E-state index contributed by atoms with van der Waals surface area (Å²) in [6.07, 6.45) is 0. The third-order valence-corrected chi connectivity index (χ3v) is 13.1. The monoisotopic (exact) mass is 670 g/mol. The Labute approximate surface area is 294 Å². The smallest absolute Gasteiger partial charge is 0.0555 e. The van der Waals surface area contributed by atoms with Gasteiger partial charge in [0.1, 0.15) is 0 Å². The molecule has 232 valence electrons. The van der Waals surface area contributed by atoms with Gasteiger partial charge in [-0.25, -0.2) is 0 Å². The van der Waals surface area contributed by atoms with E-state index in [4.69, 9.17) is 0 Å². The molecular formula is C46H26N2S2. The van der Waals surface area contributed by atoms with Gasteiger partial charge in [0, 0.05) is 73.3 Å². The van der Waals surface area contributed by atoms with Gasteiger partial charge in [-0.1, -0.05) is 97.1 Å². The van der Waals surface area contributed by atoms with Gasteiger partial charge in [-0.3, -0.25) is 0 Å². The second-order valence-electron chi connectivity index (χ2n) is 13.3. The molecule has 0 amide bonds. The maximum Gasteiger partial charge on any atom is 0.0555 e. The van der Waals surface area contributed by atoms with Crippen LogP contribution in [0.2, 0.25) is 0 Å². The molecule has 0 radical (unpaired) electrons. The number of fused-ring (bicyclic) bond motifs is 15. The van der Waals surface area contributed by atoms with E-state index in [1.807, 2.05) is 22.7 Å². The first kappa shape index (κ1) is 26.9. The Balaban J connectivity index is 1.06. The lowest BCUT2D eigenvalue weighted by Crippen LogP contribution is -1.95. The zero-order chi connectivity index (χ0) is 32.5. The van der Waals surface area contributed by atoms with Crippen LogP contribution in [0.3, 0.4) is 0 Å². The fourth-order valence-corrected chi connectivity index (χ4v) is 11.0. The molecule has 0 saturated carbocycles. The summed E-state index contributed by atoms with van der Waals surface area (Å²) in [5.74, 6) is 0. The fraction of sp³-hybridized carbons (Fsp3) is 0. The molecule has 4 heteroatoms. The minimum Gasteiger partial charge on any atom is -0.309 e. The van der Waals surface area contributed by atoms with Crippen LogP contribution in [-0.2, 0) is 0 Å². The van der Waals surface area contributed by atoms with Crippen LogP contribution in [-0.4, -0.2) is 9.13 Å². The molecule has 0 N–H and O–H groups in total. The van der Waals surface area contributed by atoms with Crippen LogP contribution in [0.25, 0.3) is 106 Å². The molecule has 12 rings (SSSR count). The summed E-state index contributed by atoms with van der Waals surface area (Å²) >= 11 is 3.81. The molecule has 0 aliphatic carbocycles. The maximum absolute atomic E-state index is 2.45. The first-order valence-electron chi connectivity index (χ1n) is 17.0. The van der Waals surface area contributed by atoms with Gasteiger partial charge in [0.2, 0.25) is 0 Å². The van der Waals surface area contributed by atoms with Gasteiger partial charge in [0.15, 0.2) is 0 Å². The van der Waals surface area contributed by atoms with E-state index in [1.54, 1.807) is 0 Å². The highest BCUT2D eigenvalue weighted by Gasteiger charge is 2.19. The zero-order valence-electron chi connectivity index (χ0n) is 26.7. The third-order valence-electron chi connectivity index (χ3n) is 10.7. The summed E-state index contributed by atoms with van der Waals surface area (Å²) in [5.41, 5.74) is 7.34. The van der Waals surface area contributed by atoms with Crippen molar-refractivity contribution in [3.8, 4) is 11.4 Å². The molecule has 0 spiro atoms. The quantitative estimate of drug-likeness (QED) is 0.173. The van der Waals surface area contributed by atoms with Crippen molar-refractivity contribution in [2.45, 2.75) is 0 Å². The Kier molecular flexibility index (Phi) is 5.29. The molecular weight excluding hydrogens is 645 g/mol. The maximum atomic E-state index is 2.45. The Morgan fingerprint density at radius 3 is 1.22 bits per heavy atom.